The van der Waals surface area contributed by atoms with Crippen LogP contribution in [0.5, 0.6) is 11.5 Å². The van der Waals surface area contributed by atoms with Crippen molar-refractivity contribution in [1.29, 1.82) is 0 Å². The third kappa shape index (κ3) is 4.63. The molecule has 0 radical (unpaired) electrons. The van der Waals surface area contributed by atoms with Gasteiger partial charge < -0.3 is 9.47 Å². The lowest BCUT2D eigenvalue weighted by Gasteiger charge is -2.06. The molecule has 0 aliphatic heterocycles. The second kappa shape index (κ2) is 7.83. The van der Waals surface area contributed by atoms with Crippen LogP contribution >= 0.6 is 0 Å². The van der Waals surface area contributed by atoms with Crippen molar-refractivity contribution in [3.8, 4) is 11.5 Å². The monoisotopic (exact) mass is 298 g/mol. The fourth-order valence-corrected chi connectivity index (χ4v) is 1.76. The van der Waals surface area contributed by atoms with Crippen LogP contribution in [0, 0.1) is 0 Å². The van der Waals surface area contributed by atoms with Crippen molar-refractivity contribution in [1.82, 2.24) is 5.43 Å². The third-order valence-corrected chi connectivity index (χ3v) is 2.95. The summed E-state index contributed by atoms with van der Waals surface area (Å²) in [5, 5.41) is 4.06. The summed E-state index contributed by atoms with van der Waals surface area (Å²) in [6.45, 7) is 1.73. The molecule has 0 saturated heterocycles. The minimum absolute atomic E-state index is 0.0844. The first kappa shape index (κ1) is 15.6. The first-order valence-electron chi connectivity index (χ1n) is 6.84. The quantitative estimate of drug-likeness (QED) is 0.659. The molecule has 0 heterocycles. The molecule has 5 heteroatoms. The van der Waals surface area contributed by atoms with Crippen LogP contribution in [0.1, 0.15) is 12.5 Å². The Morgan fingerprint density at radius 1 is 1.09 bits per heavy atom. The second-order valence-corrected chi connectivity index (χ2v) is 4.57. The van der Waals surface area contributed by atoms with Gasteiger partial charge in [-0.05, 0) is 31.2 Å². The lowest BCUT2D eigenvalue weighted by atomic mass is 10.1. The largest absolute Gasteiger partial charge is 0.497 e. The number of carbonyl (C=O) groups excluding carboxylic acids is 1. The first-order valence-corrected chi connectivity index (χ1v) is 6.84. The van der Waals surface area contributed by atoms with Gasteiger partial charge in [-0.25, -0.2) is 5.43 Å². The van der Waals surface area contributed by atoms with Crippen LogP contribution in [0.3, 0.4) is 0 Å². The summed E-state index contributed by atoms with van der Waals surface area (Å²) in [6.07, 6.45) is 0. The number of rotatable bonds is 6. The number of nitrogens with zero attached hydrogens (tertiary/aromatic N) is 1. The third-order valence-electron chi connectivity index (χ3n) is 2.95. The molecule has 0 aliphatic carbocycles. The van der Waals surface area contributed by atoms with Gasteiger partial charge in [-0.1, -0.05) is 30.3 Å². The zero-order valence-corrected chi connectivity index (χ0v) is 12.6. The summed E-state index contributed by atoms with van der Waals surface area (Å²) < 4.78 is 10.5. The van der Waals surface area contributed by atoms with E-state index in [4.69, 9.17) is 9.47 Å². The molecule has 0 spiro atoms. The van der Waals surface area contributed by atoms with Crippen molar-refractivity contribution < 1.29 is 14.3 Å². The Hall–Kier alpha value is -2.82. The zero-order valence-electron chi connectivity index (χ0n) is 12.6. The summed E-state index contributed by atoms with van der Waals surface area (Å²) >= 11 is 0. The maximum atomic E-state index is 11.7. The molecule has 2 aromatic carbocycles. The molecule has 22 heavy (non-hydrogen) atoms. The Morgan fingerprint density at radius 3 is 2.55 bits per heavy atom. The van der Waals surface area contributed by atoms with Crippen molar-refractivity contribution >= 4 is 11.6 Å². The average Bonchev–Trinajstić information content (AvgIpc) is 2.58. The van der Waals surface area contributed by atoms with Gasteiger partial charge in [-0.3, -0.25) is 4.79 Å². The molecule has 1 amide bonds. The highest BCUT2D eigenvalue weighted by Crippen LogP contribution is 2.13. The topological polar surface area (TPSA) is 59.9 Å². The number of hydrogen-bond donors (Lipinski definition) is 1. The highest BCUT2D eigenvalue weighted by Gasteiger charge is 2.03. The predicted octanol–water partition coefficient (Wildman–Crippen LogP) is 2.61. The van der Waals surface area contributed by atoms with Crippen LogP contribution in [0.4, 0.5) is 0 Å². The molecule has 1 N–H and O–H groups in total. The maximum Gasteiger partial charge on any atom is 0.277 e. The van der Waals surface area contributed by atoms with E-state index in [1.54, 1.807) is 19.2 Å². The number of carbonyl (C=O) groups is 1. The van der Waals surface area contributed by atoms with E-state index < -0.39 is 0 Å². The van der Waals surface area contributed by atoms with Gasteiger partial charge in [0.2, 0.25) is 0 Å². The molecule has 114 valence electrons. The Labute approximate surface area is 129 Å². The minimum Gasteiger partial charge on any atom is -0.497 e. The van der Waals surface area contributed by atoms with Crippen LogP contribution in [-0.4, -0.2) is 25.3 Å². The van der Waals surface area contributed by atoms with Gasteiger partial charge >= 0.3 is 0 Å². The van der Waals surface area contributed by atoms with Gasteiger partial charge in [0.05, 0.1) is 12.8 Å². The molecule has 0 unspecified atom stereocenters. The number of hydrazone groups is 1. The second-order valence-electron chi connectivity index (χ2n) is 4.57. The molecule has 0 aliphatic rings. The summed E-state index contributed by atoms with van der Waals surface area (Å²) in [7, 11) is 1.61. The smallest absolute Gasteiger partial charge is 0.277 e. The number of hydrogen-bond acceptors (Lipinski definition) is 4. The van der Waals surface area contributed by atoms with Crippen LogP contribution in [0.25, 0.3) is 0 Å². The van der Waals surface area contributed by atoms with Crippen LogP contribution in [0.2, 0.25) is 0 Å². The molecule has 0 atom stereocenters. The first-order chi connectivity index (χ1) is 10.7. The zero-order chi connectivity index (χ0) is 15.8. The van der Waals surface area contributed by atoms with Gasteiger partial charge in [0.1, 0.15) is 11.5 Å². The van der Waals surface area contributed by atoms with Crippen LogP contribution < -0.4 is 14.9 Å². The molecule has 2 rings (SSSR count). The summed E-state index contributed by atoms with van der Waals surface area (Å²) in [6, 6.07) is 16.6. The number of amides is 1. The summed E-state index contributed by atoms with van der Waals surface area (Å²) in [4.78, 5) is 11.7. The predicted molar refractivity (Wildman–Crippen MR) is 85.3 cm³/mol. The molecular weight excluding hydrogens is 280 g/mol. The molecule has 0 bridgehead atoms. The van der Waals surface area contributed by atoms with Crippen LogP contribution in [0.15, 0.2) is 59.7 Å². The Morgan fingerprint density at radius 2 is 1.82 bits per heavy atom. The van der Waals surface area contributed by atoms with E-state index in [1.807, 2.05) is 49.4 Å². The highest BCUT2D eigenvalue weighted by atomic mass is 16.5. The lowest BCUT2D eigenvalue weighted by Crippen LogP contribution is -2.25. The number of ether oxygens (including phenoxy) is 2. The van der Waals surface area contributed by atoms with Gasteiger partial charge in [0.25, 0.3) is 5.91 Å². The Kier molecular flexibility index (Phi) is 5.54. The van der Waals surface area contributed by atoms with Crippen molar-refractivity contribution in [2.24, 2.45) is 5.10 Å². The Balaban J connectivity index is 1.88. The summed E-state index contributed by atoms with van der Waals surface area (Å²) in [5.41, 5.74) is 4.04. The van der Waals surface area contributed by atoms with Gasteiger partial charge in [-0.2, -0.15) is 5.10 Å². The standard InChI is InChI=1S/C17H18N2O3/c1-13(14-7-6-10-16(11-14)21-2)18-19-17(20)12-22-15-8-4-3-5-9-15/h3-11H,12H2,1-2H3,(H,19,20). The number of benzene rings is 2. The van der Waals surface area contributed by atoms with E-state index in [9.17, 15) is 4.79 Å². The molecule has 5 nitrogen and oxygen atoms in total. The average molecular weight is 298 g/mol. The van der Waals surface area contributed by atoms with Crippen molar-refractivity contribution in [3.63, 3.8) is 0 Å². The maximum absolute atomic E-state index is 11.7. The molecule has 0 fully saturated rings. The summed E-state index contributed by atoms with van der Waals surface area (Å²) in [5.74, 6) is 1.07. The van der Waals surface area contributed by atoms with E-state index in [0.717, 1.165) is 11.3 Å². The number of methoxy groups -OCH3 is 1. The van der Waals surface area contributed by atoms with E-state index in [0.29, 0.717) is 11.5 Å². The van der Waals surface area contributed by atoms with Gasteiger partial charge in [0, 0.05) is 5.56 Å². The van der Waals surface area contributed by atoms with Crippen molar-refractivity contribution in [3.05, 3.63) is 60.2 Å². The number of para-hydroxylation sites is 1. The molecule has 0 saturated carbocycles. The fraction of sp³-hybridized carbons (Fsp3) is 0.176. The SMILES string of the molecule is COc1cccc(C(C)=NNC(=O)COc2ccccc2)c1. The molecule has 2 aromatic rings. The fourth-order valence-electron chi connectivity index (χ4n) is 1.76. The highest BCUT2D eigenvalue weighted by molar-refractivity contribution is 5.99. The van der Waals surface area contributed by atoms with E-state index in [-0.39, 0.29) is 12.5 Å². The van der Waals surface area contributed by atoms with Crippen molar-refractivity contribution in [2.45, 2.75) is 6.92 Å². The van der Waals surface area contributed by atoms with Crippen LogP contribution in [-0.2, 0) is 4.79 Å². The normalized spacial score (nSPS) is 10.9. The minimum atomic E-state index is -0.314. The van der Waals surface area contributed by atoms with Gasteiger partial charge in [-0.15, -0.1) is 0 Å². The molecule has 0 aromatic heterocycles. The van der Waals surface area contributed by atoms with E-state index in [1.165, 1.54) is 0 Å². The molecular formula is C17H18N2O3. The van der Waals surface area contributed by atoms with Gasteiger partial charge in [0.15, 0.2) is 6.61 Å². The Bertz CT molecular complexity index is 654. The number of nitrogens with one attached hydrogen (secondary N) is 1. The van der Waals surface area contributed by atoms with E-state index >= 15 is 0 Å². The van der Waals surface area contributed by atoms with Crippen molar-refractivity contribution in [2.75, 3.05) is 13.7 Å². The lowest BCUT2D eigenvalue weighted by molar-refractivity contribution is -0.123. The van der Waals surface area contributed by atoms with E-state index in [2.05, 4.69) is 10.5 Å².